The Balaban J connectivity index is 1.85. The number of hydrogen-bond acceptors (Lipinski definition) is 3. The van der Waals surface area contributed by atoms with E-state index in [1.807, 2.05) is 0 Å². The molecule has 1 aromatic carbocycles. The first-order valence-corrected chi connectivity index (χ1v) is 7.37. The summed E-state index contributed by atoms with van der Waals surface area (Å²) in [6.45, 7) is 0.891. The second kappa shape index (κ2) is 7.41. The number of halogens is 3. The Bertz CT molecular complexity index is 599. The second-order valence-electron chi connectivity index (χ2n) is 5.41. The smallest absolute Gasteiger partial charge is 0.416 e. The minimum absolute atomic E-state index is 0.0642. The summed E-state index contributed by atoms with van der Waals surface area (Å²) >= 11 is 0. The van der Waals surface area contributed by atoms with Gasteiger partial charge in [-0.2, -0.15) is 13.2 Å². The summed E-state index contributed by atoms with van der Waals surface area (Å²) in [4.78, 5) is 24.8. The van der Waals surface area contributed by atoms with Crippen molar-refractivity contribution in [3.63, 3.8) is 0 Å². The average molecular weight is 345 g/mol. The summed E-state index contributed by atoms with van der Waals surface area (Å²) < 4.78 is 42.5. The standard InChI is InChI=1S/C15H18F3N3O3/c1-24-14(23)21-7-5-11(6-8-21)19-13(22)20-12-4-2-3-10(9-12)15(16,17)18/h2-4,9,11H,5-8H2,1H3,(H2,19,20,22). The fourth-order valence-electron chi connectivity index (χ4n) is 2.46. The number of anilines is 1. The predicted octanol–water partition coefficient (Wildman–Crippen LogP) is 3.06. The second-order valence-corrected chi connectivity index (χ2v) is 5.41. The van der Waals surface area contributed by atoms with Gasteiger partial charge in [0.1, 0.15) is 0 Å². The molecule has 2 N–H and O–H groups in total. The summed E-state index contributed by atoms with van der Waals surface area (Å²) in [5.41, 5.74) is -0.763. The van der Waals surface area contributed by atoms with Crippen LogP contribution in [-0.4, -0.2) is 43.3 Å². The molecule has 0 atom stereocenters. The van der Waals surface area contributed by atoms with E-state index in [4.69, 9.17) is 0 Å². The van der Waals surface area contributed by atoms with Gasteiger partial charge >= 0.3 is 18.3 Å². The van der Waals surface area contributed by atoms with Gasteiger partial charge in [0, 0.05) is 24.8 Å². The van der Waals surface area contributed by atoms with E-state index >= 15 is 0 Å². The van der Waals surface area contributed by atoms with Gasteiger partial charge in [-0.15, -0.1) is 0 Å². The number of likely N-dealkylation sites (tertiary alicyclic amines) is 1. The first-order valence-electron chi connectivity index (χ1n) is 7.37. The number of nitrogens with one attached hydrogen (secondary N) is 2. The van der Waals surface area contributed by atoms with Gasteiger partial charge < -0.3 is 20.3 Å². The summed E-state index contributed by atoms with van der Waals surface area (Å²) in [6, 6.07) is 3.69. The molecule has 3 amide bonds. The van der Waals surface area contributed by atoms with Crippen LogP contribution in [0, 0.1) is 0 Å². The minimum Gasteiger partial charge on any atom is -0.453 e. The number of amides is 3. The predicted molar refractivity (Wildman–Crippen MR) is 80.6 cm³/mol. The Morgan fingerprint density at radius 1 is 1.25 bits per heavy atom. The van der Waals surface area contributed by atoms with E-state index in [2.05, 4.69) is 15.4 Å². The van der Waals surface area contributed by atoms with Crippen molar-refractivity contribution in [2.24, 2.45) is 0 Å². The highest BCUT2D eigenvalue weighted by atomic mass is 19.4. The monoisotopic (exact) mass is 345 g/mol. The molecule has 6 nitrogen and oxygen atoms in total. The van der Waals surface area contributed by atoms with E-state index in [1.165, 1.54) is 24.1 Å². The lowest BCUT2D eigenvalue weighted by atomic mass is 10.1. The van der Waals surface area contributed by atoms with E-state index in [0.717, 1.165) is 12.1 Å². The fourth-order valence-corrected chi connectivity index (χ4v) is 2.46. The number of rotatable bonds is 2. The lowest BCUT2D eigenvalue weighted by Crippen LogP contribution is -2.47. The Morgan fingerprint density at radius 3 is 2.50 bits per heavy atom. The van der Waals surface area contributed by atoms with Crippen LogP contribution in [0.5, 0.6) is 0 Å². The Labute approximate surface area is 137 Å². The molecule has 0 bridgehead atoms. The van der Waals surface area contributed by atoms with Gasteiger partial charge in [-0.05, 0) is 31.0 Å². The van der Waals surface area contributed by atoms with Crippen LogP contribution in [0.4, 0.5) is 28.4 Å². The molecule has 0 saturated carbocycles. The summed E-state index contributed by atoms with van der Waals surface area (Å²) in [5, 5.41) is 5.08. The maximum atomic E-state index is 12.6. The van der Waals surface area contributed by atoms with Crippen molar-refractivity contribution in [3.8, 4) is 0 Å². The first-order chi connectivity index (χ1) is 11.3. The molecule has 24 heavy (non-hydrogen) atoms. The molecular weight excluding hydrogens is 327 g/mol. The van der Waals surface area contributed by atoms with Crippen LogP contribution >= 0.6 is 0 Å². The molecule has 1 aromatic rings. The van der Waals surface area contributed by atoms with Gasteiger partial charge in [0.05, 0.1) is 12.7 Å². The number of benzene rings is 1. The molecule has 1 aliphatic rings. The van der Waals surface area contributed by atoms with Crippen molar-refractivity contribution < 1.29 is 27.5 Å². The van der Waals surface area contributed by atoms with Crippen LogP contribution in [0.25, 0.3) is 0 Å². The minimum atomic E-state index is -4.46. The Morgan fingerprint density at radius 2 is 1.92 bits per heavy atom. The number of urea groups is 1. The summed E-state index contributed by atoms with van der Waals surface area (Å²) in [5.74, 6) is 0. The van der Waals surface area contributed by atoms with Crippen LogP contribution in [0.15, 0.2) is 24.3 Å². The maximum Gasteiger partial charge on any atom is 0.416 e. The number of ether oxygens (including phenoxy) is 1. The van der Waals surface area contributed by atoms with E-state index in [-0.39, 0.29) is 11.7 Å². The molecule has 1 aliphatic heterocycles. The van der Waals surface area contributed by atoms with E-state index in [0.29, 0.717) is 25.9 Å². The molecule has 0 radical (unpaired) electrons. The topological polar surface area (TPSA) is 70.7 Å². The van der Waals surface area contributed by atoms with Gasteiger partial charge in [0.2, 0.25) is 0 Å². The SMILES string of the molecule is COC(=O)N1CCC(NC(=O)Nc2cccc(C(F)(F)F)c2)CC1. The number of nitrogens with zero attached hydrogens (tertiary/aromatic N) is 1. The van der Waals surface area contributed by atoms with Crippen LogP contribution in [0.3, 0.4) is 0 Å². The maximum absolute atomic E-state index is 12.6. The van der Waals surface area contributed by atoms with Gasteiger partial charge in [-0.1, -0.05) is 6.07 Å². The largest absolute Gasteiger partial charge is 0.453 e. The molecule has 0 aromatic heterocycles. The number of alkyl halides is 3. The number of carbonyl (C=O) groups excluding carboxylic acids is 2. The molecule has 0 spiro atoms. The lowest BCUT2D eigenvalue weighted by molar-refractivity contribution is -0.137. The molecular formula is C15H18F3N3O3. The van der Waals surface area contributed by atoms with Gasteiger partial charge in [0.25, 0.3) is 0 Å². The molecule has 132 valence electrons. The third kappa shape index (κ3) is 4.77. The van der Waals surface area contributed by atoms with Gasteiger partial charge in [-0.3, -0.25) is 0 Å². The summed E-state index contributed by atoms with van der Waals surface area (Å²) in [6.07, 6.45) is -3.78. The van der Waals surface area contributed by atoms with Crippen LogP contribution in [0.2, 0.25) is 0 Å². The number of methoxy groups -OCH3 is 1. The Hall–Kier alpha value is -2.45. The van der Waals surface area contributed by atoms with E-state index in [1.54, 1.807) is 0 Å². The molecule has 1 heterocycles. The molecule has 0 unspecified atom stereocenters. The molecule has 9 heteroatoms. The van der Waals surface area contributed by atoms with Crippen molar-refractivity contribution >= 4 is 17.8 Å². The van der Waals surface area contributed by atoms with Crippen molar-refractivity contribution in [1.29, 1.82) is 0 Å². The lowest BCUT2D eigenvalue weighted by Gasteiger charge is -2.31. The normalized spacial score (nSPS) is 15.8. The van der Waals surface area contributed by atoms with Crippen molar-refractivity contribution in [1.82, 2.24) is 10.2 Å². The quantitative estimate of drug-likeness (QED) is 0.865. The van der Waals surface area contributed by atoms with E-state index in [9.17, 15) is 22.8 Å². The van der Waals surface area contributed by atoms with E-state index < -0.39 is 23.9 Å². The molecule has 1 fully saturated rings. The first kappa shape index (κ1) is 17.9. The zero-order chi connectivity index (χ0) is 17.7. The number of hydrogen-bond donors (Lipinski definition) is 2. The van der Waals surface area contributed by atoms with Crippen LogP contribution in [-0.2, 0) is 10.9 Å². The third-order valence-corrected chi connectivity index (χ3v) is 3.71. The molecule has 0 aliphatic carbocycles. The number of carbonyl (C=O) groups is 2. The Kier molecular flexibility index (Phi) is 5.53. The highest BCUT2D eigenvalue weighted by molar-refractivity contribution is 5.89. The summed E-state index contributed by atoms with van der Waals surface area (Å²) in [7, 11) is 1.30. The van der Waals surface area contributed by atoms with Gasteiger partial charge in [-0.25, -0.2) is 9.59 Å². The van der Waals surface area contributed by atoms with Crippen molar-refractivity contribution in [2.45, 2.75) is 25.1 Å². The zero-order valence-corrected chi connectivity index (χ0v) is 13.0. The molecule has 2 rings (SSSR count). The fraction of sp³-hybridized carbons (Fsp3) is 0.467. The average Bonchev–Trinajstić information content (AvgIpc) is 2.54. The molecule has 1 saturated heterocycles. The zero-order valence-electron chi connectivity index (χ0n) is 13.0. The highest BCUT2D eigenvalue weighted by Gasteiger charge is 2.30. The van der Waals surface area contributed by atoms with Crippen molar-refractivity contribution in [3.05, 3.63) is 29.8 Å². The van der Waals surface area contributed by atoms with Gasteiger partial charge in [0.15, 0.2) is 0 Å². The van der Waals surface area contributed by atoms with Crippen LogP contribution < -0.4 is 10.6 Å². The highest BCUT2D eigenvalue weighted by Crippen LogP contribution is 2.30. The van der Waals surface area contributed by atoms with Crippen molar-refractivity contribution in [2.75, 3.05) is 25.5 Å². The van der Waals surface area contributed by atoms with Crippen LogP contribution in [0.1, 0.15) is 18.4 Å². The number of piperidine rings is 1. The third-order valence-electron chi connectivity index (χ3n) is 3.71.